The van der Waals surface area contributed by atoms with E-state index in [0.717, 1.165) is 16.5 Å². The Morgan fingerprint density at radius 1 is 1.45 bits per heavy atom. The Kier molecular flexibility index (Phi) is 4.60. The van der Waals surface area contributed by atoms with Crippen LogP contribution in [0.15, 0.2) is 28.9 Å². The van der Waals surface area contributed by atoms with Gasteiger partial charge in [-0.3, -0.25) is 9.48 Å². The highest BCUT2D eigenvalue weighted by Crippen LogP contribution is 2.26. The van der Waals surface area contributed by atoms with E-state index in [0.29, 0.717) is 23.6 Å². The van der Waals surface area contributed by atoms with Crippen LogP contribution in [0.1, 0.15) is 35.0 Å². The topological polar surface area (TPSA) is 44.1 Å². The average Bonchev–Trinajstić information content (AvgIpc) is 2.84. The first-order valence-electron chi connectivity index (χ1n) is 6.49. The molecule has 0 aliphatic rings. The Morgan fingerprint density at radius 3 is 2.85 bits per heavy atom. The van der Waals surface area contributed by atoms with Gasteiger partial charge in [0.1, 0.15) is 0 Å². The fraction of sp³-hybridized carbons (Fsp3) is 0.333. The molecule has 0 radical (unpaired) electrons. The van der Waals surface area contributed by atoms with Crippen molar-refractivity contribution in [3.05, 3.63) is 45.7 Å². The third-order valence-electron chi connectivity index (χ3n) is 3.04. The van der Waals surface area contributed by atoms with Crippen LogP contribution < -0.4 is 4.74 Å². The lowest BCUT2D eigenvalue weighted by Gasteiger charge is -2.09. The van der Waals surface area contributed by atoms with Gasteiger partial charge in [-0.25, -0.2) is 0 Å². The van der Waals surface area contributed by atoms with Crippen LogP contribution in [-0.2, 0) is 6.54 Å². The summed E-state index contributed by atoms with van der Waals surface area (Å²) < 4.78 is 7.75. The number of carbonyl (C=O) groups excluding carboxylic acids is 1. The first-order valence-corrected chi connectivity index (χ1v) is 7.28. The van der Waals surface area contributed by atoms with Crippen molar-refractivity contribution in [2.45, 2.75) is 26.8 Å². The van der Waals surface area contributed by atoms with Gasteiger partial charge in [0.25, 0.3) is 0 Å². The summed E-state index contributed by atoms with van der Waals surface area (Å²) in [5, 5.41) is 4.23. The smallest absolute Gasteiger partial charge is 0.215 e. The molecule has 20 heavy (non-hydrogen) atoms. The molecule has 1 heterocycles. The third kappa shape index (κ3) is 2.77. The molecule has 1 aromatic carbocycles. The second kappa shape index (κ2) is 6.22. The molecule has 0 fully saturated rings. The molecular formula is C15H17BrN2O2. The molecule has 0 aliphatic carbocycles. The minimum atomic E-state index is -0.0802. The number of nitrogens with zero attached hydrogens (tertiary/aromatic N) is 2. The monoisotopic (exact) mass is 336 g/mol. The molecule has 2 rings (SSSR count). The normalized spacial score (nSPS) is 10.6. The van der Waals surface area contributed by atoms with Crippen LogP contribution in [-0.4, -0.2) is 22.7 Å². The Balaban J connectivity index is 2.52. The van der Waals surface area contributed by atoms with Crippen molar-refractivity contribution >= 4 is 21.7 Å². The van der Waals surface area contributed by atoms with Crippen LogP contribution in [0.2, 0.25) is 0 Å². The van der Waals surface area contributed by atoms with Gasteiger partial charge in [-0.05, 0) is 25.5 Å². The Bertz CT molecular complexity index is 635. The molecule has 4 nitrogen and oxygen atoms in total. The molecule has 106 valence electrons. The summed E-state index contributed by atoms with van der Waals surface area (Å²) in [5.74, 6) is 0.431. The van der Waals surface area contributed by atoms with E-state index in [-0.39, 0.29) is 5.78 Å². The molecule has 0 atom stereocenters. The number of methoxy groups -OCH3 is 1. The summed E-state index contributed by atoms with van der Waals surface area (Å²) in [4.78, 5) is 12.8. The fourth-order valence-corrected chi connectivity index (χ4v) is 2.50. The molecule has 2 aromatic rings. The van der Waals surface area contributed by atoms with Crippen molar-refractivity contribution in [2.24, 2.45) is 0 Å². The first-order chi connectivity index (χ1) is 9.58. The lowest BCUT2D eigenvalue weighted by Crippen LogP contribution is -2.13. The van der Waals surface area contributed by atoms with E-state index >= 15 is 0 Å². The molecule has 0 amide bonds. The minimum absolute atomic E-state index is 0.0802. The van der Waals surface area contributed by atoms with Crippen LogP contribution in [0.5, 0.6) is 5.75 Å². The first kappa shape index (κ1) is 14.8. The van der Waals surface area contributed by atoms with Gasteiger partial charge < -0.3 is 4.74 Å². The molecule has 0 saturated heterocycles. The van der Waals surface area contributed by atoms with E-state index in [9.17, 15) is 4.79 Å². The van der Waals surface area contributed by atoms with Crippen molar-refractivity contribution in [3.8, 4) is 5.75 Å². The number of ether oxygens (including phenoxy) is 1. The predicted molar refractivity (Wildman–Crippen MR) is 81.4 cm³/mol. The standard InChI is InChI=1S/C15H17BrN2O2/c1-4-7-18-14(13(20-3)9-17-18)15(19)11-8-10(2)5-6-12(11)16/h5-6,8-9H,4,7H2,1-3H3. The van der Waals surface area contributed by atoms with Gasteiger partial charge in [0.15, 0.2) is 11.4 Å². The van der Waals surface area contributed by atoms with Crippen molar-refractivity contribution in [2.75, 3.05) is 7.11 Å². The molecule has 5 heteroatoms. The molecule has 0 spiro atoms. The average molecular weight is 337 g/mol. The van der Waals surface area contributed by atoms with Crippen LogP contribution in [0, 0.1) is 6.92 Å². The van der Waals surface area contributed by atoms with Crippen molar-refractivity contribution in [3.63, 3.8) is 0 Å². The van der Waals surface area contributed by atoms with Gasteiger partial charge in [0.2, 0.25) is 5.78 Å². The molecule has 0 saturated carbocycles. The largest absolute Gasteiger partial charge is 0.493 e. The number of aromatic nitrogens is 2. The molecule has 0 N–H and O–H groups in total. The predicted octanol–water partition coefficient (Wildman–Crippen LogP) is 3.60. The zero-order valence-electron chi connectivity index (χ0n) is 11.8. The summed E-state index contributed by atoms with van der Waals surface area (Å²) in [7, 11) is 1.55. The van der Waals surface area contributed by atoms with E-state index < -0.39 is 0 Å². The lowest BCUT2D eigenvalue weighted by atomic mass is 10.1. The zero-order chi connectivity index (χ0) is 14.7. The number of rotatable bonds is 5. The van der Waals surface area contributed by atoms with Crippen LogP contribution in [0.25, 0.3) is 0 Å². The number of benzene rings is 1. The number of hydrogen-bond donors (Lipinski definition) is 0. The maximum Gasteiger partial charge on any atom is 0.215 e. The SMILES string of the molecule is CCCn1ncc(OC)c1C(=O)c1cc(C)ccc1Br. The number of ketones is 1. The fourth-order valence-electron chi connectivity index (χ4n) is 2.07. The van der Waals surface area contributed by atoms with E-state index in [2.05, 4.69) is 21.0 Å². The molecule has 0 bridgehead atoms. The van der Waals surface area contributed by atoms with Gasteiger partial charge >= 0.3 is 0 Å². The maximum absolute atomic E-state index is 12.8. The summed E-state index contributed by atoms with van der Waals surface area (Å²) in [6.45, 7) is 4.70. The Morgan fingerprint density at radius 2 is 2.20 bits per heavy atom. The van der Waals surface area contributed by atoms with Gasteiger partial charge in [-0.1, -0.05) is 34.5 Å². The highest BCUT2D eigenvalue weighted by molar-refractivity contribution is 9.10. The second-order valence-corrected chi connectivity index (χ2v) is 5.45. The zero-order valence-corrected chi connectivity index (χ0v) is 13.4. The van der Waals surface area contributed by atoms with Crippen LogP contribution in [0.3, 0.4) is 0 Å². The summed E-state index contributed by atoms with van der Waals surface area (Å²) >= 11 is 3.44. The van der Waals surface area contributed by atoms with Crippen molar-refractivity contribution < 1.29 is 9.53 Å². The van der Waals surface area contributed by atoms with Gasteiger partial charge in [0.05, 0.1) is 13.3 Å². The number of halogens is 1. The van der Waals surface area contributed by atoms with E-state index in [4.69, 9.17) is 4.74 Å². The van der Waals surface area contributed by atoms with Crippen LogP contribution in [0.4, 0.5) is 0 Å². The quantitative estimate of drug-likeness (QED) is 0.783. The summed E-state index contributed by atoms with van der Waals surface area (Å²) in [6.07, 6.45) is 2.49. The minimum Gasteiger partial charge on any atom is -0.493 e. The second-order valence-electron chi connectivity index (χ2n) is 4.60. The molecule has 0 aliphatic heterocycles. The molecule has 1 aromatic heterocycles. The van der Waals surface area contributed by atoms with Crippen molar-refractivity contribution in [1.82, 2.24) is 9.78 Å². The van der Waals surface area contributed by atoms with E-state index in [1.807, 2.05) is 32.0 Å². The third-order valence-corrected chi connectivity index (χ3v) is 3.73. The molecule has 0 unspecified atom stereocenters. The number of carbonyl (C=O) groups is 1. The lowest BCUT2D eigenvalue weighted by molar-refractivity contribution is 0.102. The van der Waals surface area contributed by atoms with E-state index in [1.165, 1.54) is 0 Å². The highest BCUT2D eigenvalue weighted by atomic mass is 79.9. The van der Waals surface area contributed by atoms with Gasteiger partial charge in [-0.2, -0.15) is 5.10 Å². The van der Waals surface area contributed by atoms with Gasteiger partial charge in [0, 0.05) is 16.6 Å². The van der Waals surface area contributed by atoms with E-state index in [1.54, 1.807) is 18.0 Å². The highest BCUT2D eigenvalue weighted by Gasteiger charge is 2.22. The van der Waals surface area contributed by atoms with Crippen molar-refractivity contribution in [1.29, 1.82) is 0 Å². The van der Waals surface area contributed by atoms with Crippen LogP contribution >= 0.6 is 15.9 Å². The summed E-state index contributed by atoms with van der Waals surface area (Å²) in [5.41, 5.74) is 2.17. The summed E-state index contributed by atoms with van der Waals surface area (Å²) in [6, 6.07) is 5.71. The van der Waals surface area contributed by atoms with Gasteiger partial charge in [-0.15, -0.1) is 0 Å². The Labute approximate surface area is 126 Å². The number of hydrogen-bond acceptors (Lipinski definition) is 3. The maximum atomic E-state index is 12.8. The molecular weight excluding hydrogens is 320 g/mol. The Hall–Kier alpha value is -1.62. The number of aryl methyl sites for hydroxylation is 2.